The van der Waals surface area contributed by atoms with Crippen LogP contribution in [0.5, 0.6) is 0 Å². The van der Waals surface area contributed by atoms with Crippen molar-refractivity contribution in [2.24, 2.45) is 0 Å². The van der Waals surface area contributed by atoms with E-state index in [2.05, 4.69) is 17.5 Å². The summed E-state index contributed by atoms with van der Waals surface area (Å²) in [6.07, 6.45) is 0.840. The Balaban J connectivity index is 1.73. The third-order valence-corrected chi connectivity index (χ3v) is 6.60. The maximum absolute atomic E-state index is 13.2. The van der Waals surface area contributed by atoms with Crippen molar-refractivity contribution < 1.29 is 9.72 Å². The van der Waals surface area contributed by atoms with Crippen molar-refractivity contribution in [3.05, 3.63) is 83.7 Å². The summed E-state index contributed by atoms with van der Waals surface area (Å²) in [6, 6.07) is 10.7. The van der Waals surface area contributed by atoms with E-state index in [1.807, 2.05) is 16.3 Å². The zero-order valence-corrected chi connectivity index (χ0v) is 15.7. The van der Waals surface area contributed by atoms with Gasteiger partial charge >= 0.3 is 0 Å². The Morgan fingerprint density at radius 1 is 1.23 bits per heavy atom. The van der Waals surface area contributed by atoms with Gasteiger partial charge in [0.25, 0.3) is 11.6 Å². The number of hydrogen-bond donors (Lipinski definition) is 0. The fourth-order valence-electron chi connectivity index (χ4n) is 3.45. The van der Waals surface area contributed by atoms with Gasteiger partial charge in [0.2, 0.25) is 0 Å². The molecule has 0 fully saturated rings. The molecule has 0 spiro atoms. The summed E-state index contributed by atoms with van der Waals surface area (Å²) in [7, 11) is 0. The van der Waals surface area contributed by atoms with E-state index in [1.165, 1.54) is 16.5 Å². The number of nitrogens with zero attached hydrogens (tertiary/aromatic N) is 2. The minimum Gasteiger partial charge on any atom is -0.326 e. The van der Waals surface area contributed by atoms with E-state index in [0.29, 0.717) is 17.7 Å². The third kappa shape index (κ3) is 2.83. The van der Waals surface area contributed by atoms with Crippen molar-refractivity contribution in [1.82, 2.24) is 4.90 Å². The van der Waals surface area contributed by atoms with Crippen LogP contribution in [0.3, 0.4) is 0 Å². The van der Waals surface area contributed by atoms with Gasteiger partial charge in [-0.25, -0.2) is 0 Å². The molecule has 1 unspecified atom stereocenters. The molecule has 3 aromatic rings. The van der Waals surface area contributed by atoms with Gasteiger partial charge in [0.15, 0.2) is 0 Å². The van der Waals surface area contributed by atoms with Crippen LogP contribution in [0.4, 0.5) is 5.69 Å². The van der Waals surface area contributed by atoms with E-state index in [9.17, 15) is 14.9 Å². The van der Waals surface area contributed by atoms with Crippen molar-refractivity contribution in [2.75, 3.05) is 6.54 Å². The van der Waals surface area contributed by atoms with Crippen molar-refractivity contribution >= 4 is 34.3 Å². The SMILES string of the molecule is Cc1cc(C(=O)N2CCc3sccc3C2c2cccs2)ccc1[N+](=O)[O-]. The van der Waals surface area contributed by atoms with E-state index in [-0.39, 0.29) is 17.6 Å². The van der Waals surface area contributed by atoms with Crippen LogP contribution in [-0.2, 0) is 6.42 Å². The van der Waals surface area contributed by atoms with Crippen molar-refractivity contribution in [1.29, 1.82) is 0 Å². The quantitative estimate of drug-likeness (QED) is 0.481. The largest absolute Gasteiger partial charge is 0.326 e. The molecule has 26 heavy (non-hydrogen) atoms. The first kappa shape index (κ1) is 16.9. The lowest BCUT2D eigenvalue weighted by atomic mass is 9.97. The van der Waals surface area contributed by atoms with Crippen LogP contribution in [-0.4, -0.2) is 22.3 Å². The molecule has 1 aliphatic heterocycles. The van der Waals surface area contributed by atoms with Gasteiger partial charge in [0.05, 0.1) is 11.0 Å². The molecule has 0 aliphatic carbocycles. The molecule has 1 atom stereocenters. The van der Waals surface area contributed by atoms with Crippen LogP contribution in [0.2, 0.25) is 0 Å². The first-order chi connectivity index (χ1) is 12.6. The molecule has 4 rings (SSSR count). The standard InChI is InChI=1S/C19H16N2O3S2/c1-12-11-13(4-5-15(12)21(23)24)19(22)20-8-6-16-14(7-10-26-16)18(20)17-3-2-9-25-17/h2-5,7,9-11,18H,6,8H2,1H3. The Kier molecular flexibility index (Phi) is 4.34. The summed E-state index contributed by atoms with van der Waals surface area (Å²) in [5.41, 5.74) is 2.22. The molecule has 1 amide bonds. The zero-order chi connectivity index (χ0) is 18.3. The number of hydrogen-bond acceptors (Lipinski definition) is 5. The van der Waals surface area contributed by atoms with Gasteiger partial charge in [0.1, 0.15) is 0 Å². The molecule has 2 aromatic heterocycles. The number of fused-ring (bicyclic) bond motifs is 1. The lowest BCUT2D eigenvalue weighted by Crippen LogP contribution is -2.39. The van der Waals surface area contributed by atoms with Gasteiger partial charge in [0, 0.05) is 33.5 Å². The Morgan fingerprint density at radius 3 is 2.77 bits per heavy atom. The molecule has 0 saturated carbocycles. The van der Waals surface area contributed by atoms with E-state index in [0.717, 1.165) is 11.3 Å². The van der Waals surface area contributed by atoms with Crippen LogP contribution < -0.4 is 0 Å². The average molecular weight is 384 g/mol. The fourth-order valence-corrected chi connectivity index (χ4v) is 5.21. The molecule has 7 heteroatoms. The highest BCUT2D eigenvalue weighted by molar-refractivity contribution is 7.10. The van der Waals surface area contributed by atoms with Gasteiger partial charge in [-0.1, -0.05) is 6.07 Å². The number of rotatable bonds is 3. The smallest absolute Gasteiger partial charge is 0.272 e. The van der Waals surface area contributed by atoms with Gasteiger partial charge in [-0.3, -0.25) is 14.9 Å². The topological polar surface area (TPSA) is 63.5 Å². The second-order valence-corrected chi connectivity index (χ2v) is 8.20. The summed E-state index contributed by atoms with van der Waals surface area (Å²) in [5.74, 6) is -0.0850. The van der Waals surface area contributed by atoms with Crippen LogP contribution in [0, 0.1) is 17.0 Å². The Labute approximate surface area is 158 Å². The maximum Gasteiger partial charge on any atom is 0.272 e. The summed E-state index contributed by atoms with van der Waals surface area (Å²) in [6.45, 7) is 2.31. The lowest BCUT2D eigenvalue weighted by Gasteiger charge is -2.35. The summed E-state index contributed by atoms with van der Waals surface area (Å²) < 4.78 is 0. The van der Waals surface area contributed by atoms with Gasteiger partial charge in [-0.15, -0.1) is 22.7 Å². The van der Waals surface area contributed by atoms with Crippen LogP contribution in [0.1, 0.15) is 37.3 Å². The Bertz CT molecular complexity index is 979. The fraction of sp³-hybridized carbons (Fsp3) is 0.211. The first-order valence-electron chi connectivity index (χ1n) is 8.22. The second kappa shape index (κ2) is 6.66. The first-order valence-corrected chi connectivity index (χ1v) is 9.98. The third-order valence-electron chi connectivity index (χ3n) is 4.68. The second-order valence-electron chi connectivity index (χ2n) is 6.22. The number of benzene rings is 1. The average Bonchev–Trinajstić information content (AvgIpc) is 3.31. The summed E-state index contributed by atoms with van der Waals surface area (Å²) >= 11 is 3.38. The van der Waals surface area contributed by atoms with Crippen molar-refractivity contribution in [3.8, 4) is 0 Å². The van der Waals surface area contributed by atoms with Gasteiger partial charge in [-0.05, 0) is 53.9 Å². The molecule has 0 bridgehead atoms. The molecule has 132 valence electrons. The number of carbonyl (C=O) groups is 1. The minimum atomic E-state index is -0.420. The summed E-state index contributed by atoms with van der Waals surface area (Å²) in [5, 5.41) is 15.1. The molecular formula is C19H16N2O3S2. The number of nitro benzene ring substituents is 1. The highest BCUT2D eigenvalue weighted by atomic mass is 32.1. The van der Waals surface area contributed by atoms with Crippen LogP contribution in [0.15, 0.2) is 47.2 Å². The highest BCUT2D eigenvalue weighted by Gasteiger charge is 2.34. The number of amides is 1. The molecule has 3 heterocycles. The molecule has 5 nitrogen and oxygen atoms in total. The molecule has 1 aliphatic rings. The summed E-state index contributed by atoms with van der Waals surface area (Å²) in [4.78, 5) is 28.2. The van der Waals surface area contributed by atoms with Gasteiger partial charge in [-0.2, -0.15) is 0 Å². The van der Waals surface area contributed by atoms with E-state index < -0.39 is 4.92 Å². The molecule has 0 N–H and O–H groups in total. The zero-order valence-electron chi connectivity index (χ0n) is 14.0. The lowest BCUT2D eigenvalue weighted by molar-refractivity contribution is -0.385. The normalized spacial score (nSPS) is 16.3. The number of thiophene rings is 2. The molecular weight excluding hydrogens is 368 g/mol. The maximum atomic E-state index is 13.2. The molecule has 1 aromatic carbocycles. The van der Waals surface area contributed by atoms with Crippen molar-refractivity contribution in [2.45, 2.75) is 19.4 Å². The minimum absolute atomic E-state index is 0.0371. The van der Waals surface area contributed by atoms with E-state index >= 15 is 0 Å². The van der Waals surface area contributed by atoms with E-state index in [4.69, 9.17) is 0 Å². The monoisotopic (exact) mass is 384 g/mol. The predicted molar refractivity (Wildman–Crippen MR) is 103 cm³/mol. The van der Waals surface area contributed by atoms with Crippen LogP contribution in [0.25, 0.3) is 0 Å². The number of aryl methyl sites for hydroxylation is 1. The molecule has 0 saturated heterocycles. The predicted octanol–water partition coefficient (Wildman–Crippen LogP) is 4.81. The Hall–Kier alpha value is -2.51. The molecule has 0 radical (unpaired) electrons. The number of carbonyl (C=O) groups excluding carboxylic acids is 1. The van der Waals surface area contributed by atoms with Crippen molar-refractivity contribution in [3.63, 3.8) is 0 Å². The van der Waals surface area contributed by atoms with Gasteiger partial charge < -0.3 is 4.90 Å². The van der Waals surface area contributed by atoms with E-state index in [1.54, 1.807) is 41.7 Å². The Morgan fingerprint density at radius 2 is 2.08 bits per heavy atom. The van der Waals surface area contributed by atoms with Crippen LogP contribution >= 0.6 is 22.7 Å². The highest BCUT2D eigenvalue weighted by Crippen LogP contribution is 2.40. The number of nitro groups is 1.